The van der Waals surface area contributed by atoms with Crippen molar-refractivity contribution in [1.29, 1.82) is 0 Å². The van der Waals surface area contributed by atoms with E-state index >= 15 is 0 Å². The fourth-order valence-electron chi connectivity index (χ4n) is 2.86. The summed E-state index contributed by atoms with van der Waals surface area (Å²) in [7, 11) is 0. The predicted octanol–water partition coefficient (Wildman–Crippen LogP) is 3.88. The normalized spacial score (nSPS) is 21.2. The first-order valence-electron chi connectivity index (χ1n) is 8.49. The number of nitro groups is 1. The van der Waals surface area contributed by atoms with E-state index < -0.39 is 16.1 Å². The zero-order valence-electron chi connectivity index (χ0n) is 15.2. The molecule has 2 heterocycles. The van der Waals surface area contributed by atoms with Gasteiger partial charge in [0, 0.05) is 6.54 Å². The summed E-state index contributed by atoms with van der Waals surface area (Å²) in [6.45, 7) is 8.70. The molecule has 2 rings (SSSR count). The number of ether oxygens (including phenoxy) is 2. The summed E-state index contributed by atoms with van der Waals surface area (Å²) in [5.41, 5.74) is -1.05. The Balaban J connectivity index is 2.00. The van der Waals surface area contributed by atoms with Gasteiger partial charge in [-0.3, -0.25) is 10.1 Å². The standard InChI is InChI=1S/C17H26N2O6/c1-5-17(23-11-13-7-8-14(24-13)19(21)22)9-6-10-18(12-17)15(20)25-16(2,3)4/h7-8H,5-6,9-12H2,1-4H3. The van der Waals surface area contributed by atoms with Crippen molar-refractivity contribution in [2.45, 2.75) is 64.8 Å². The highest BCUT2D eigenvalue weighted by Crippen LogP contribution is 2.31. The van der Waals surface area contributed by atoms with Crippen LogP contribution in [0, 0.1) is 10.1 Å². The Morgan fingerprint density at radius 2 is 2.16 bits per heavy atom. The zero-order chi connectivity index (χ0) is 18.7. The van der Waals surface area contributed by atoms with Gasteiger partial charge in [-0.2, -0.15) is 0 Å². The number of amides is 1. The van der Waals surface area contributed by atoms with Crippen LogP contribution in [0.15, 0.2) is 16.5 Å². The van der Waals surface area contributed by atoms with Gasteiger partial charge in [-0.05, 0) is 46.1 Å². The molecule has 0 bridgehead atoms. The number of hydrogen-bond donors (Lipinski definition) is 0. The lowest BCUT2D eigenvalue weighted by Gasteiger charge is -2.42. The summed E-state index contributed by atoms with van der Waals surface area (Å²) in [6, 6.07) is 2.85. The van der Waals surface area contributed by atoms with Gasteiger partial charge >= 0.3 is 12.0 Å². The van der Waals surface area contributed by atoms with Crippen LogP contribution in [0.1, 0.15) is 52.7 Å². The second-order valence-corrected chi connectivity index (χ2v) is 7.33. The first-order valence-corrected chi connectivity index (χ1v) is 8.49. The Hall–Kier alpha value is -2.09. The highest BCUT2D eigenvalue weighted by Gasteiger charge is 2.38. The van der Waals surface area contributed by atoms with E-state index in [-0.39, 0.29) is 18.6 Å². The van der Waals surface area contributed by atoms with Crippen LogP contribution in [0.3, 0.4) is 0 Å². The van der Waals surface area contributed by atoms with Crippen LogP contribution in [0.4, 0.5) is 10.7 Å². The molecule has 0 radical (unpaired) electrons. The minimum absolute atomic E-state index is 0.129. The molecule has 0 N–H and O–H groups in total. The molecule has 0 aliphatic carbocycles. The van der Waals surface area contributed by atoms with Crippen molar-refractivity contribution in [2.24, 2.45) is 0 Å². The van der Waals surface area contributed by atoms with Crippen LogP contribution in [-0.2, 0) is 16.1 Å². The highest BCUT2D eigenvalue weighted by molar-refractivity contribution is 5.68. The maximum absolute atomic E-state index is 12.3. The second kappa shape index (κ2) is 7.43. The third-order valence-corrected chi connectivity index (χ3v) is 4.18. The Kier molecular flexibility index (Phi) is 5.72. The highest BCUT2D eigenvalue weighted by atomic mass is 16.6. The largest absolute Gasteiger partial charge is 0.444 e. The molecule has 8 heteroatoms. The van der Waals surface area contributed by atoms with Gasteiger partial charge in [0.25, 0.3) is 0 Å². The molecule has 1 aromatic rings. The number of hydrogen-bond acceptors (Lipinski definition) is 6. The number of likely N-dealkylation sites (tertiary alicyclic amines) is 1. The fraction of sp³-hybridized carbons (Fsp3) is 0.706. The van der Waals surface area contributed by atoms with Crippen molar-refractivity contribution in [3.8, 4) is 0 Å². The molecule has 140 valence electrons. The number of piperidine rings is 1. The monoisotopic (exact) mass is 354 g/mol. The molecule has 1 fully saturated rings. The van der Waals surface area contributed by atoms with Crippen LogP contribution >= 0.6 is 0 Å². The number of nitrogens with zero attached hydrogens (tertiary/aromatic N) is 2. The van der Waals surface area contributed by atoms with Crippen molar-refractivity contribution in [3.05, 3.63) is 28.0 Å². The average Bonchev–Trinajstić information content (AvgIpc) is 3.01. The van der Waals surface area contributed by atoms with E-state index in [1.165, 1.54) is 12.1 Å². The molecule has 1 aliphatic heterocycles. The van der Waals surface area contributed by atoms with Gasteiger partial charge in [-0.1, -0.05) is 6.92 Å². The van der Waals surface area contributed by atoms with Crippen molar-refractivity contribution >= 4 is 12.0 Å². The molecular weight excluding hydrogens is 328 g/mol. The van der Waals surface area contributed by atoms with E-state index in [1.807, 2.05) is 27.7 Å². The Labute approximate surface area is 147 Å². The molecule has 1 atom stereocenters. The summed E-state index contributed by atoms with van der Waals surface area (Å²) in [4.78, 5) is 24.1. The quantitative estimate of drug-likeness (QED) is 0.588. The summed E-state index contributed by atoms with van der Waals surface area (Å²) >= 11 is 0. The van der Waals surface area contributed by atoms with Crippen LogP contribution in [0.5, 0.6) is 0 Å². The van der Waals surface area contributed by atoms with E-state index in [4.69, 9.17) is 13.9 Å². The van der Waals surface area contributed by atoms with Crippen LogP contribution in [0.2, 0.25) is 0 Å². The summed E-state index contributed by atoms with van der Waals surface area (Å²) in [5.74, 6) is 0.0945. The fourth-order valence-corrected chi connectivity index (χ4v) is 2.86. The lowest BCUT2D eigenvalue weighted by atomic mass is 9.90. The molecule has 0 spiro atoms. The van der Waals surface area contributed by atoms with Gasteiger partial charge in [-0.15, -0.1) is 0 Å². The summed E-state index contributed by atoms with van der Waals surface area (Å²) in [6.07, 6.45) is 1.99. The van der Waals surface area contributed by atoms with Gasteiger partial charge in [0.05, 0.1) is 18.2 Å². The second-order valence-electron chi connectivity index (χ2n) is 7.33. The Bertz CT molecular complexity index is 621. The van der Waals surface area contributed by atoms with E-state index in [0.717, 1.165) is 19.3 Å². The summed E-state index contributed by atoms with van der Waals surface area (Å²) < 4.78 is 16.6. The minimum Gasteiger partial charge on any atom is -0.444 e. The minimum atomic E-state index is -0.579. The SMILES string of the molecule is CCC1(OCc2ccc([N+](=O)[O-])o2)CCCN(C(=O)OC(C)(C)C)C1. The maximum atomic E-state index is 12.3. The lowest BCUT2D eigenvalue weighted by Crippen LogP contribution is -2.52. The number of rotatable bonds is 5. The number of furan rings is 1. The van der Waals surface area contributed by atoms with E-state index in [1.54, 1.807) is 4.90 Å². The van der Waals surface area contributed by atoms with Crippen molar-refractivity contribution in [2.75, 3.05) is 13.1 Å². The average molecular weight is 354 g/mol. The van der Waals surface area contributed by atoms with Gasteiger partial charge in [0.15, 0.2) is 0 Å². The van der Waals surface area contributed by atoms with Crippen molar-refractivity contribution in [3.63, 3.8) is 0 Å². The molecule has 8 nitrogen and oxygen atoms in total. The van der Waals surface area contributed by atoms with Gasteiger partial charge < -0.3 is 18.8 Å². The van der Waals surface area contributed by atoms with Crippen LogP contribution < -0.4 is 0 Å². The van der Waals surface area contributed by atoms with Gasteiger partial charge in [0.2, 0.25) is 0 Å². The van der Waals surface area contributed by atoms with Gasteiger partial charge in [0.1, 0.15) is 22.9 Å². The first kappa shape index (κ1) is 19.2. The third kappa shape index (κ3) is 5.19. The van der Waals surface area contributed by atoms with E-state index in [9.17, 15) is 14.9 Å². The molecule has 1 amide bonds. The lowest BCUT2D eigenvalue weighted by molar-refractivity contribution is -0.402. The third-order valence-electron chi connectivity index (χ3n) is 4.18. The smallest absolute Gasteiger partial charge is 0.433 e. The van der Waals surface area contributed by atoms with Crippen LogP contribution in [-0.4, -0.2) is 40.2 Å². The molecule has 1 aliphatic rings. The van der Waals surface area contributed by atoms with Crippen molar-refractivity contribution < 1.29 is 23.6 Å². The van der Waals surface area contributed by atoms with Gasteiger partial charge in [-0.25, -0.2) is 4.79 Å². The topological polar surface area (TPSA) is 95.0 Å². The van der Waals surface area contributed by atoms with Crippen LogP contribution in [0.25, 0.3) is 0 Å². The number of carbonyl (C=O) groups is 1. The molecule has 25 heavy (non-hydrogen) atoms. The van der Waals surface area contributed by atoms with E-state index in [0.29, 0.717) is 18.8 Å². The van der Waals surface area contributed by atoms with Crippen molar-refractivity contribution in [1.82, 2.24) is 4.90 Å². The molecule has 1 unspecified atom stereocenters. The Morgan fingerprint density at radius 1 is 1.44 bits per heavy atom. The predicted molar refractivity (Wildman–Crippen MR) is 90.2 cm³/mol. The number of carbonyl (C=O) groups excluding carboxylic acids is 1. The first-order chi connectivity index (χ1) is 11.6. The zero-order valence-corrected chi connectivity index (χ0v) is 15.2. The molecule has 1 saturated heterocycles. The molecule has 0 saturated carbocycles. The maximum Gasteiger partial charge on any atom is 0.433 e. The van der Waals surface area contributed by atoms with E-state index in [2.05, 4.69) is 0 Å². The molecule has 0 aromatic carbocycles. The molecule has 1 aromatic heterocycles. The Morgan fingerprint density at radius 3 is 2.72 bits per heavy atom. The molecular formula is C17H26N2O6. The summed E-state index contributed by atoms with van der Waals surface area (Å²) in [5, 5.41) is 10.7.